The maximum absolute atomic E-state index is 14.9. The van der Waals surface area contributed by atoms with Crippen molar-refractivity contribution in [3.8, 4) is 5.88 Å². The molecule has 2 saturated heterocycles. The first-order chi connectivity index (χ1) is 21.2. The van der Waals surface area contributed by atoms with E-state index in [9.17, 15) is 23.1 Å². The van der Waals surface area contributed by atoms with E-state index in [1.54, 1.807) is 17.0 Å². The first-order valence-corrected chi connectivity index (χ1v) is 14.1. The van der Waals surface area contributed by atoms with E-state index in [2.05, 4.69) is 21.3 Å². The predicted octanol–water partition coefficient (Wildman–Crippen LogP) is 5.30. The average Bonchev–Trinajstić information content (AvgIpc) is 3.34. The Labute approximate surface area is 252 Å². The smallest absolute Gasteiger partial charge is 0.335 e. The van der Waals surface area contributed by atoms with Crippen molar-refractivity contribution in [3.63, 3.8) is 0 Å². The summed E-state index contributed by atoms with van der Waals surface area (Å²) >= 11 is 0. The van der Waals surface area contributed by atoms with Crippen LogP contribution in [0, 0.1) is 18.2 Å². The molecule has 3 aromatic rings. The van der Waals surface area contributed by atoms with Crippen LogP contribution in [0.3, 0.4) is 0 Å². The van der Waals surface area contributed by atoms with Gasteiger partial charge in [0, 0.05) is 44.4 Å². The lowest BCUT2D eigenvalue weighted by Crippen LogP contribution is -2.48. The van der Waals surface area contributed by atoms with Gasteiger partial charge in [-0.1, -0.05) is 18.7 Å². The Kier molecular flexibility index (Phi) is 9.32. The van der Waals surface area contributed by atoms with Crippen molar-refractivity contribution in [2.24, 2.45) is 0 Å². The number of carboxylic acid groups (broad SMARTS) is 1. The largest absolute Gasteiger partial charge is 0.478 e. The summed E-state index contributed by atoms with van der Waals surface area (Å²) in [6.07, 6.45) is 4.64. The van der Waals surface area contributed by atoms with E-state index in [4.69, 9.17) is 21.0 Å². The Balaban J connectivity index is 1.31. The summed E-state index contributed by atoms with van der Waals surface area (Å²) in [5.41, 5.74) is 1.57. The number of rotatable bonds is 11. The number of pyridine rings is 1. The van der Waals surface area contributed by atoms with Crippen LogP contribution >= 0.6 is 0 Å². The second-order valence-corrected chi connectivity index (χ2v) is 10.5. The van der Waals surface area contributed by atoms with Crippen molar-refractivity contribution in [2.75, 3.05) is 44.3 Å². The van der Waals surface area contributed by atoms with Crippen molar-refractivity contribution in [2.45, 2.75) is 32.0 Å². The molecule has 0 amide bonds. The lowest BCUT2D eigenvalue weighted by molar-refractivity contribution is -0.0594. The predicted molar refractivity (Wildman–Crippen MR) is 157 cm³/mol. The minimum absolute atomic E-state index is 0.0198. The molecule has 0 saturated carbocycles. The van der Waals surface area contributed by atoms with Crippen LogP contribution in [0.1, 0.15) is 35.6 Å². The van der Waals surface area contributed by atoms with Gasteiger partial charge in [-0.15, -0.1) is 0 Å². The molecule has 5 rings (SSSR count). The molecule has 230 valence electrons. The standard InChI is InChI=1S/C31H31F3N6O4/c1-19(32)22(5-4-9-35-3)18-44-30-25(34)16-24(33)29(37-30)39-12-10-38(11-13-39)20(2)28-36-26-7-6-21(31(41)42)15-27(26)40(28)17-23-8-14-43-23/h4-7,9,15-16,20,23H,1,8,10-14,17-18H2,2H3,(H,41,42)/b9-4+,22-5-/t20-,23-/m0/s1. The zero-order valence-electron chi connectivity index (χ0n) is 24.0. The maximum Gasteiger partial charge on any atom is 0.335 e. The van der Waals surface area contributed by atoms with Gasteiger partial charge in [-0.3, -0.25) is 4.90 Å². The molecule has 2 atom stereocenters. The van der Waals surface area contributed by atoms with Crippen LogP contribution in [0.15, 0.2) is 60.6 Å². The van der Waals surface area contributed by atoms with Crippen molar-refractivity contribution < 1.29 is 32.5 Å². The second kappa shape index (κ2) is 13.3. The molecule has 2 aliphatic heterocycles. The highest BCUT2D eigenvalue weighted by molar-refractivity contribution is 5.92. The highest BCUT2D eigenvalue weighted by Gasteiger charge is 2.30. The van der Waals surface area contributed by atoms with Gasteiger partial charge in [0.25, 0.3) is 5.88 Å². The van der Waals surface area contributed by atoms with E-state index >= 15 is 0 Å². The van der Waals surface area contributed by atoms with Gasteiger partial charge in [0.15, 0.2) is 23.7 Å². The van der Waals surface area contributed by atoms with Crippen molar-refractivity contribution >= 4 is 22.8 Å². The van der Waals surface area contributed by atoms with Crippen molar-refractivity contribution in [1.82, 2.24) is 19.4 Å². The Bertz CT molecular complexity index is 1670. The summed E-state index contributed by atoms with van der Waals surface area (Å²) in [5, 5.41) is 9.52. The van der Waals surface area contributed by atoms with Crippen LogP contribution in [0.5, 0.6) is 5.88 Å². The summed E-state index contributed by atoms with van der Waals surface area (Å²) in [7, 11) is 0. The van der Waals surface area contributed by atoms with Gasteiger partial charge < -0.3 is 24.0 Å². The number of allylic oxidation sites excluding steroid dienone is 2. The highest BCUT2D eigenvalue weighted by Crippen LogP contribution is 2.30. The fourth-order valence-corrected chi connectivity index (χ4v) is 5.23. The zero-order valence-corrected chi connectivity index (χ0v) is 24.0. The molecule has 4 heterocycles. The van der Waals surface area contributed by atoms with Crippen LogP contribution in [-0.2, 0) is 11.3 Å². The summed E-state index contributed by atoms with van der Waals surface area (Å²) < 4.78 is 56.3. The molecule has 2 fully saturated rings. The summed E-state index contributed by atoms with van der Waals surface area (Å²) in [6.45, 7) is 14.6. The number of nitrogens with zero attached hydrogens (tertiary/aromatic N) is 6. The summed E-state index contributed by atoms with van der Waals surface area (Å²) in [4.78, 5) is 27.5. The third-order valence-corrected chi connectivity index (χ3v) is 7.79. The van der Waals surface area contributed by atoms with Crippen LogP contribution in [0.2, 0.25) is 0 Å². The number of aromatic nitrogens is 3. The van der Waals surface area contributed by atoms with E-state index in [1.165, 1.54) is 18.2 Å². The van der Waals surface area contributed by atoms with Gasteiger partial charge in [0.1, 0.15) is 18.3 Å². The Morgan fingerprint density at radius 3 is 2.64 bits per heavy atom. The number of aromatic carboxylic acids is 1. The van der Waals surface area contributed by atoms with Gasteiger partial charge in [0.2, 0.25) is 0 Å². The van der Waals surface area contributed by atoms with Crippen LogP contribution in [-0.4, -0.2) is 76.0 Å². The Hall–Kier alpha value is -4.67. The van der Waals surface area contributed by atoms with Gasteiger partial charge in [0.05, 0.1) is 41.9 Å². The second-order valence-electron chi connectivity index (χ2n) is 10.5. The first kappa shape index (κ1) is 30.8. The minimum atomic E-state index is -1.03. The number of ether oxygens (including phenoxy) is 2. The fourth-order valence-electron chi connectivity index (χ4n) is 5.23. The number of hydrogen-bond donors (Lipinski definition) is 1. The molecule has 0 aliphatic carbocycles. The van der Waals surface area contributed by atoms with Gasteiger partial charge in [-0.2, -0.15) is 4.98 Å². The molecule has 2 aliphatic rings. The number of benzene rings is 1. The molecule has 0 bridgehead atoms. The third-order valence-electron chi connectivity index (χ3n) is 7.79. The van der Waals surface area contributed by atoms with Gasteiger partial charge >= 0.3 is 5.97 Å². The molecule has 0 spiro atoms. The number of piperazine rings is 1. The van der Waals surface area contributed by atoms with Crippen molar-refractivity contribution in [1.29, 1.82) is 0 Å². The monoisotopic (exact) mass is 608 g/mol. The topological polar surface area (TPSA) is 97.3 Å². The number of hydrogen-bond acceptors (Lipinski definition) is 7. The molecule has 0 unspecified atom stereocenters. The zero-order chi connectivity index (χ0) is 31.4. The van der Waals surface area contributed by atoms with Gasteiger partial charge in [-0.25, -0.2) is 27.8 Å². The van der Waals surface area contributed by atoms with Crippen LogP contribution in [0.4, 0.5) is 19.0 Å². The van der Waals surface area contributed by atoms with E-state index < -0.39 is 35.9 Å². The SMILES string of the molecule is [C-]#[N+]/C=C/C=C(/COc1nc(N2CCN([C@@H](C)c3nc4ccc(C(=O)O)cc4n3C[C@@H]3CCO3)CC2)c(F)cc1F)C(=C)F. The van der Waals surface area contributed by atoms with E-state index in [0.717, 1.165) is 24.0 Å². The quantitative estimate of drug-likeness (QED) is 0.232. The minimum Gasteiger partial charge on any atom is -0.478 e. The normalized spacial score (nSPS) is 18.3. The summed E-state index contributed by atoms with van der Waals surface area (Å²) in [5.74, 6) is -3.49. The van der Waals surface area contributed by atoms with Gasteiger partial charge in [-0.05, 0) is 31.5 Å². The lowest BCUT2D eigenvalue weighted by Gasteiger charge is -2.38. The molecule has 13 heteroatoms. The lowest BCUT2D eigenvalue weighted by atomic mass is 10.1. The van der Waals surface area contributed by atoms with Crippen molar-refractivity contribution in [3.05, 3.63) is 95.0 Å². The number of fused-ring (bicyclic) bond motifs is 1. The number of anilines is 1. The maximum atomic E-state index is 14.9. The third kappa shape index (κ3) is 6.61. The Morgan fingerprint density at radius 2 is 2.00 bits per heavy atom. The van der Waals surface area contributed by atoms with E-state index in [1.807, 2.05) is 11.5 Å². The first-order valence-electron chi connectivity index (χ1n) is 14.1. The molecule has 0 radical (unpaired) electrons. The van der Waals surface area contributed by atoms with E-state index in [0.29, 0.717) is 50.9 Å². The molecule has 2 aromatic heterocycles. The molecule has 10 nitrogen and oxygen atoms in total. The molecule has 1 N–H and O–H groups in total. The highest BCUT2D eigenvalue weighted by atomic mass is 19.1. The summed E-state index contributed by atoms with van der Waals surface area (Å²) in [6, 6.07) is 5.41. The molecule has 1 aromatic carbocycles. The average molecular weight is 609 g/mol. The fraction of sp³-hybridized carbons (Fsp3) is 0.355. The molecular formula is C31H31F3N6O4. The molecule has 44 heavy (non-hydrogen) atoms. The number of imidazole rings is 1. The number of halogens is 3. The Morgan fingerprint density at radius 1 is 1.25 bits per heavy atom. The number of carbonyl (C=O) groups is 1. The number of carboxylic acids is 1. The van der Waals surface area contributed by atoms with Crippen LogP contribution < -0.4 is 9.64 Å². The molecular weight excluding hydrogens is 577 g/mol. The van der Waals surface area contributed by atoms with Crippen LogP contribution in [0.25, 0.3) is 15.9 Å². The van der Waals surface area contributed by atoms with E-state index in [-0.39, 0.29) is 29.1 Å².